The highest BCUT2D eigenvalue weighted by Gasteiger charge is 2.71. The van der Waals surface area contributed by atoms with E-state index in [9.17, 15) is 28.8 Å². The molecule has 1 N–H and O–H groups in total. The second-order valence-electron chi connectivity index (χ2n) is 8.67. The van der Waals surface area contributed by atoms with Crippen molar-refractivity contribution in [3.63, 3.8) is 0 Å². The molecule has 1 saturated carbocycles. The average Bonchev–Trinajstić information content (AvgIpc) is 3.49. The van der Waals surface area contributed by atoms with Crippen LogP contribution in [-0.2, 0) is 38.2 Å². The molecule has 204 valence electrons. The molecule has 0 aromatic heterocycles. The van der Waals surface area contributed by atoms with Gasteiger partial charge in [0.1, 0.15) is 17.4 Å². The second-order valence-corrected chi connectivity index (χ2v) is 8.67. The van der Waals surface area contributed by atoms with E-state index in [1.165, 1.54) is 37.3 Å². The fourth-order valence-electron chi connectivity index (χ4n) is 4.93. The van der Waals surface area contributed by atoms with E-state index in [2.05, 4.69) is 10.1 Å². The predicted molar refractivity (Wildman–Crippen MR) is 130 cm³/mol. The lowest BCUT2D eigenvalue weighted by Crippen LogP contribution is -2.64. The maximum absolute atomic E-state index is 14.2. The highest BCUT2D eigenvalue weighted by Crippen LogP contribution is 2.47. The lowest BCUT2D eigenvalue weighted by atomic mass is 9.71. The summed E-state index contributed by atoms with van der Waals surface area (Å²) in [5.74, 6) is -12.3. The minimum Gasteiger partial charge on any atom is -0.468 e. The van der Waals surface area contributed by atoms with Crippen molar-refractivity contribution < 1.29 is 52.5 Å². The third kappa shape index (κ3) is 4.58. The van der Waals surface area contributed by atoms with Gasteiger partial charge in [-0.2, -0.15) is 0 Å². The number of esters is 3. The van der Waals surface area contributed by atoms with Crippen molar-refractivity contribution in [2.45, 2.75) is 18.4 Å². The number of carbonyl (C=O) groups is 6. The standard InChI is InChI=1S/C27H25NO11/c1-4-37-26(34)19(15-10-11-16-17(12-15)39-13-38-16)27(28-23(31)14-8-6-5-7-9-14)20(25(33)36-3)21(29)18(22(27)30)24(32)35-2/h5-12,18-20H,4,13H2,1-3H3,(H,28,31)/t18-,19-,20-,27-/m0/s1. The van der Waals surface area contributed by atoms with Gasteiger partial charge in [-0.25, -0.2) is 0 Å². The van der Waals surface area contributed by atoms with Crippen LogP contribution in [0.3, 0.4) is 0 Å². The maximum Gasteiger partial charge on any atom is 0.323 e. The summed E-state index contributed by atoms with van der Waals surface area (Å²) in [4.78, 5) is 80.8. The van der Waals surface area contributed by atoms with E-state index in [0.29, 0.717) is 5.75 Å². The maximum atomic E-state index is 14.2. The van der Waals surface area contributed by atoms with Crippen molar-refractivity contribution in [3.05, 3.63) is 59.7 Å². The Labute approximate surface area is 222 Å². The van der Waals surface area contributed by atoms with Gasteiger partial charge in [0.05, 0.1) is 20.8 Å². The molecule has 1 heterocycles. The molecule has 12 nitrogen and oxygen atoms in total. The van der Waals surface area contributed by atoms with Gasteiger partial charge in [-0.3, -0.25) is 28.8 Å². The zero-order valence-corrected chi connectivity index (χ0v) is 21.3. The fraction of sp³-hybridized carbons (Fsp3) is 0.333. The monoisotopic (exact) mass is 539 g/mol. The highest BCUT2D eigenvalue weighted by molar-refractivity contribution is 6.32. The molecule has 1 aliphatic heterocycles. The molecule has 1 amide bonds. The van der Waals surface area contributed by atoms with Crippen molar-refractivity contribution in [1.82, 2.24) is 5.32 Å². The summed E-state index contributed by atoms with van der Waals surface area (Å²) in [5.41, 5.74) is -2.54. The number of amides is 1. The number of Topliss-reactive ketones (excluding diaryl/α,β-unsaturated/α-hetero) is 2. The number of fused-ring (bicyclic) bond motifs is 1. The van der Waals surface area contributed by atoms with Gasteiger partial charge < -0.3 is 29.0 Å². The van der Waals surface area contributed by atoms with E-state index < -0.39 is 58.7 Å². The molecule has 2 aromatic carbocycles. The van der Waals surface area contributed by atoms with E-state index in [-0.39, 0.29) is 30.3 Å². The van der Waals surface area contributed by atoms with Crippen LogP contribution < -0.4 is 14.8 Å². The highest BCUT2D eigenvalue weighted by atomic mass is 16.7. The summed E-state index contributed by atoms with van der Waals surface area (Å²) in [6.45, 7) is 1.26. The van der Waals surface area contributed by atoms with Crippen molar-refractivity contribution >= 4 is 35.4 Å². The van der Waals surface area contributed by atoms with Crippen LogP contribution in [0.5, 0.6) is 11.5 Å². The minimum absolute atomic E-state index is 0.0478. The molecule has 0 saturated heterocycles. The minimum atomic E-state index is -2.64. The molecule has 1 fully saturated rings. The molecule has 12 heteroatoms. The van der Waals surface area contributed by atoms with Crippen LogP contribution in [0.15, 0.2) is 48.5 Å². The predicted octanol–water partition coefficient (Wildman–Crippen LogP) is 0.961. The second kappa shape index (κ2) is 10.9. The van der Waals surface area contributed by atoms with Crippen molar-refractivity contribution in [1.29, 1.82) is 0 Å². The quantitative estimate of drug-likeness (QED) is 0.289. The summed E-state index contributed by atoms with van der Waals surface area (Å²) in [6, 6.07) is 11.8. The van der Waals surface area contributed by atoms with Crippen molar-refractivity contribution in [2.75, 3.05) is 27.6 Å². The van der Waals surface area contributed by atoms with E-state index in [4.69, 9.17) is 18.9 Å². The topological polar surface area (TPSA) is 161 Å². The largest absolute Gasteiger partial charge is 0.468 e. The Morgan fingerprint density at radius 2 is 1.64 bits per heavy atom. The molecule has 4 atom stereocenters. The summed E-state index contributed by atoms with van der Waals surface area (Å²) in [6.07, 6.45) is 0. The third-order valence-corrected chi connectivity index (χ3v) is 6.63. The van der Waals surface area contributed by atoms with Gasteiger partial charge in [-0.05, 0) is 36.8 Å². The van der Waals surface area contributed by atoms with Crippen molar-refractivity contribution in [2.24, 2.45) is 11.8 Å². The molecule has 39 heavy (non-hydrogen) atoms. The van der Waals surface area contributed by atoms with Gasteiger partial charge >= 0.3 is 17.9 Å². The van der Waals surface area contributed by atoms with Gasteiger partial charge in [0.15, 0.2) is 29.0 Å². The molecular formula is C27H25NO11. The smallest absolute Gasteiger partial charge is 0.323 e. The zero-order chi connectivity index (χ0) is 28.3. The number of ketones is 2. The normalized spacial score (nSPS) is 22.1. The van der Waals surface area contributed by atoms with Gasteiger partial charge in [-0.1, -0.05) is 24.3 Å². The summed E-state index contributed by atoms with van der Waals surface area (Å²) < 4.78 is 25.5. The van der Waals surface area contributed by atoms with Gasteiger partial charge in [-0.15, -0.1) is 0 Å². The summed E-state index contributed by atoms with van der Waals surface area (Å²) >= 11 is 0. The van der Waals surface area contributed by atoms with Gasteiger partial charge in [0, 0.05) is 5.56 Å². The Hall–Kier alpha value is -4.74. The number of carbonyl (C=O) groups excluding carboxylic acids is 6. The molecule has 2 aromatic rings. The Morgan fingerprint density at radius 1 is 0.974 bits per heavy atom. The lowest BCUT2D eigenvalue weighted by molar-refractivity contribution is -0.156. The van der Waals surface area contributed by atoms with Crippen LogP contribution >= 0.6 is 0 Å². The first-order valence-electron chi connectivity index (χ1n) is 11.9. The molecule has 0 bridgehead atoms. The Kier molecular flexibility index (Phi) is 7.65. The summed E-state index contributed by atoms with van der Waals surface area (Å²) in [5, 5.41) is 2.48. The molecule has 0 spiro atoms. The summed E-state index contributed by atoms with van der Waals surface area (Å²) in [7, 11) is 1.93. The Balaban J connectivity index is 2.02. The molecule has 0 unspecified atom stereocenters. The van der Waals surface area contributed by atoms with Crippen LogP contribution in [-0.4, -0.2) is 68.5 Å². The van der Waals surface area contributed by atoms with E-state index in [0.717, 1.165) is 14.2 Å². The van der Waals surface area contributed by atoms with Crippen LogP contribution in [0.2, 0.25) is 0 Å². The van der Waals surface area contributed by atoms with E-state index in [1.54, 1.807) is 18.2 Å². The number of benzene rings is 2. The fourth-order valence-corrected chi connectivity index (χ4v) is 4.93. The molecule has 2 aliphatic rings. The average molecular weight is 539 g/mol. The van der Waals surface area contributed by atoms with Crippen LogP contribution in [0.4, 0.5) is 0 Å². The number of rotatable bonds is 8. The third-order valence-electron chi connectivity index (χ3n) is 6.63. The molecular weight excluding hydrogens is 514 g/mol. The molecule has 0 radical (unpaired) electrons. The number of hydrogen-bond donors (Lipinski definition) is 1. The number of nitrogens with one attached hydrogen (secondary N) is 1. The van der Waals surface area contributed by atoms with Crippen LogP contribution in [0, 0.1) is 11.8 Å². The van der Waals surface area contributed by atoms with Gasteiger partial charge in [0.2, 0.25) is 6.79 Å². The van der Waals surface area contributed by atoms with Gasteiger partial charge in [0.25, 0.3) is 5.91 Å². The Morgan fingerprint density at radius 3 is 2.28 bits per heavy atom. The lowest BCUT2D eigenvalue weighted by Gasteiger charge is -2.38. The number of ether oxygens (including phenoxy) is 5. The first-order valence-corrected chi connectivity index (χ1v) is 11.9. The van der Waals surface area contributed by atoms with Crippen LogP contribution in [0.1, 0.15) is 28.8 Å². The zero-order valence-electron chi connectivity index (χ0n) is 21.3. The first kappa shape index (κ1) is 27.3. The number of methoxy groups -OCH3 is 2. The molecule has 4 rings (SSSR count). The van der Waals surface area contributed by atoms with Crippen molar-refractivity contribution in [3.8, 4) is 11.5 Å². The Bertz CT molecular complexity index is 1340. The van der Waals surface area contributed by atoms with E-state index in [1.807, 2.05) is 0 Å². The SMILES string of the molecule is CCOC(=O)[C@H](c1ccc2c(c1)OCO2)[C@@]1(NC(=O)c2ccccc2)C(=O)[C@@H](C(=O)OC)C(=O)[C@H]1C(=O)OC. The molecule has 1 aliphatic carbocycles. The number of hydrogen-bond acceptors (Lipinski definition) is 11. The first-order chi connectivity index (χ1) is 18.7. The van der Waals surface area contributed by atoms with Crippen LogP contribution in [0.25, 0.3) is 0 Å². The van der Waals surface area contributed by atoms with E-state index >= 15 is 0 Å².